The molecule has 1 fully saturated rings. The number of rotatable bonds is 2. The van der Waals surface area contributed by atoms with Gasteiger partial charge in [0, 0.05) is 5.69 Å². The van der Waals surface area contributed by atoms with Crippen LogP contribution in [0.4, 0.5) is 5.69 Å². The summed E-state index contributed by atoms with van der Waals surface area (Å²) in [6.07, 6.45) is 3.64. The van der Waals surface area contributed by atoms with E-state index in [-0.39, 0.29) is 12.2 Å². The van der Waals surface area contributed by atoms with E-state index >= 15 is 0 Å². The zero-order valence-electron chi connectivity index (χ0n) is 8.73. The molecule has 3 nitrogen and oxygen atoms in total. The molecule has 1 aromatic rings. The van der Waals surface area contributed by atoms with Crippen molar-refractivity contribution < 1.29 is 9.84 Å². The molecule has 0 spiro atoms. The molecule has 3 N–H and O–H groups in total. The van der Waals surface area contributed by atoms with Gasteiger partial charge >= 0.3 is 0 Å². The molecule has 82 valence electrons. The Kier molecular flexibility index (Phi) is 3.11. The maximum atomic E-state index is 9.74. The van der Waals surface area contributed by atoms with E-state index in [1.807, 2.05) is 24.3 Å². The van der Waals surface area contributed by atoms with Gasteiger partial charge in [-0.3, -0.25) is 0 Å². The monoisotopic (exact) mass is 207 g/mol. The van der Waals surface area contributed by atoms with Crippen molar-refractivity contribution >= 4 is 5.69 Å². The number of hydrogen-bond acceptors (Lipinski definition) is 3. The van der Waals surface area contributed by atoms with E-state index in [4.69, 9.17) is 10.5 Å². The molecular weight excluding hydrogens is 190 g/mol. The second kappa shape index (κ2) is 4.53. The van der Waals surface area contributed by atoms with Crippen LogP contribution in [0.2, 0.25) is 0 Å². The molecule has 0 aliphatic heterocycles. The van der Waals surface area contributed by atoms with Crippen LogP contribution in [-0.2, 0) is 0 Å². The molecule has 2 atom stereocenters. The van der Waals surface area contributed by atoms with E-state index in [0.29, 0.717) is 0 Å². The highest BCUT2D eigenvalue weighted by atomic mass is 16.5. The van der Waals surface area contributed by atoms with Crippen LogP contribution in [0.5, 0.6) is 5.75 Å². The highest BCUT2D eigenvalue weighted by molar-refractivity contribution is 5.41. The molecule has 15 heavy (non-hydrogen) atoms. The van der Waals surface area contributed by atoms with Gasteiger partial charge in [-0.2, -0.15) is 0 Å². The largest absolute Gasteiger partial charge is 0.488 e. The number of aliphatic hydroxyl groups is 1. The lowest BCUT2D eigenvalue weighted by atomic mass is 9.95. The first-order chi connectivity index (χ1) is 7.25. The third-order valence-corrected chi connectivity index (χ3v) is 2.84. The molecule has 0 heterocycles. The van der Waals surface area contributed by atoms with Crippen LogP contribution >= 0.6 is 0 Å². The van der Waals surface area contributed by atoms with Crippen LogP contribution in [-0.4, -0.2) is 17.3 Å². The van der Waals surface area contributed by atoms with Crippen molar-refractivity contribution in [2.24, 2.45) is 0 Å². The van der Waals surface area contributed by atoms with E-state index in [2.05, 4.69) is 0 Å². The van der Waals surface area contributed by atoms with Crippen LogP contribution in [0.25, 0.3) is 0 Å². The lowest BCUT2D eigenvalue weighted by Gasteiger charge is -2.28. The van der Waals surface area contributed by atoms with Gasteiger partial charge in [-0.15, -0.1) is 0 Å². The van der Waals surface area contributed by atoms with Gasteiger partial charge in [0.2, 0.25) is 0 Å². The fraction of sp³-hybridized carbons (Fsp3) is 0.500. The summed E-state index contributed by atoms with van der Waals surface area (Å²) in [6.45, 7) is 0. The topological polar surface area (TPSA) is 55.5 Å². The number of nitrogens with two attached hydrogens (primary N) is 1. The minimum absolute atomic E-state index is 0.0534. The Hall–Kier alpha value is -1.22. The third-order valence-electron chi connectivity index (χ3n) is 2.84. The van der Waals surface area contributed by atoms with E-state index in [9.17, 15) is 5.11 Å². The highest BCUT2D eigenvalue weighted by Gasteiger charge is 2.24. The predicted octanol–water partition coefficient (Wildman–Crippen LogP) is 1.95. The highest BCUT2D eigenvalue weighted by Crippen LogP contribution is 2.24. The molecule has 0 radical (unpaired) electrons. The van der Waals surface area contributed by atoms with E-state index in [1.165, 1.54) is 0 Å². The van der Waals surface area contributed by atoms with Crippen LogP contribution < -0.4 is 10.5 Å². The molecule has 0 bridgehead atoms. The molecule has 1 aromatic carbocycles. The van der Waals surface area contributed by atoms with Crippen LogP contribution in [0.3, 0.4) is 0 Å². The molecule has 0 amide bonds. The summed E-state index contributed by atoms with van der Waals surface area (Å²) in [5.74, 6) is 0.787. The van der Waals surface area contributed by atoms with Crippen molar-refractivity contribution in [3.05, 3.63) is 24.3 Å². The first-order valence-electron chi connectivity index (χ1n) is 5.46. The average molecular weight is 207 g/mol. The minimum atomic E-state index is -0.323. The summed E-state index contributed by atoms with van der Waals surface area (Å²) in [6, 6.07) is 7.31. The second-order valence-electron chi connectivity index (χ2n) is 4.08. The van der Waals surface area contributed by atoms with Gasteiger partial charge in [0.1, 0.15) is 11.9 Å². The van der Waals surface area contributed by atoms with E-state index in [1.54, 1.807) is 0 Å². The first kappa shape index (κ1) is 10.3. The van der Waals surface area contributed by atoms with Crippen molar-refractivity contribution in [2.45, 2.75) is 37.9 Å². The summed E-state index contributed by atoms with van der Waals surface area (Å²) in [5, 5.41) is 9.74. The number of anilines is 1. The lowest BCUT2D eigenvalue weighted by molar-refractivity contribution is 0.00688. The number of ether oxygens (including phenoxy) is 1. The third kappa shape index (κ3) is 2.63. The zero-order valence-corrected chi connectivity index (χ0v) is 8.73. The molecule has 0 aromatic heterocycles. The predicted molar refractivity (Wildman–Crippen MR) is 59.7 cm³/mol. The molecule has 0 unspecified atom stereocenters. The Morgan fingerprint density at radius 2 is 1.80 bits per heavy atom. The first-order valence-corrected chi connectivity index (χ1v) is 5.46. The number of nitrogen functional groups attached to an aromatic ring is 1. The number of aliphatic hydroxyl groups excluding tert-OH is 1. The SMILES string of the molecule is Nc1ccc(O[C@@H]2CCCC[C@@H]2O)cc1. The molecule has 1 aliphatic rings. The molecule has 0 saturated heterocycles. The fourth-order valence-corrected chi connectivity index (χ4v) is 1.94. The fourth-order valence-electron chi connectivity index (χ4n) is 1.94. The molecular formula is C12H17NO2. The van der Waals surface area contributed by atoms with Crippen molar-refractivity contribution in [2.75, 3.05) is 5.73 Å². The summed E-state index contributed by atoms with van der Waals surface area (Å²) >= 11 is 0. The van der Waals surface area contributed by atoms with Gasteiger partial charge in [-0.1, -0.05) is 6.42 Å². The van der Waals surface area contributed by atoms with Crippen molar-refractivity contribution in [3.8, 4) is 5.75 Å². The normalized spacial score (nSPS) is 26.2. The summed E-state index contributed by atoms with van der Waals surface area (Å²) < 4.78 is 5.72. The van der Waals surface area contributed by atoms with Gasteiger partial charge in [0.25, 0.3) is 0 Å². The van der Waals surface area contributed by atoms with Gasteiger partial charge in [0.05, 0.1) is 6.10 Å². The smallest absolute Gasteiger partial charge is 0.124 e. The van der Waals surface area contributed by atoms with Crippen molar-refractivity contribution in [3.63, 3.8) is 0 Å². The maximum Gasteiger partial charge on any atom is 0.124 e. The van der Waals surface area contributed by atoms with E-state index < -0.39 is 0 Å². The Morgan fingerprint density at radius 1 is 1.13 bits per heavy atom. The Labute approximate surface area is 89.9 Å². The van der Waals surface area contributed by atoms with Gasteiger partial charge in [-0.05, 0) is 43.5 Å². The molecule has 3 heteroatoms. The molecule has 2 rings (SSSR count). The van der Waals surface area contributed by atoms with Crippen LogP contribution in [0.1, 0.15) is 25.7 Å². The lowest BCUT2D eigenvalue weighted by Crippen LogP contribution is -2.34. The maximum absolute atomic E-state index is 9.74. The van der Waals surface area contributed by atoms with Crippen molar-refractivity contribution in [1.29, 1.82) is 0 Å². The zero-order chi connectivity index (χ0) is 10.7. The number of benzene rings is 1. The quantitative estimate of drug-likeness (QED) is 0.729. The molecule has 1 aliphatic carbocycles. The second-order valence-corrected chi connectivity index (χ2v) is 4.08. The number of hydrogen-bond donors (Lipinski definition) is 2. The van der Waals surface area contributed by atoms with Gasteiger partial charge in [-0.25, -0.2) is 0 Å². The summed E-state index contributed by atoms with van der Waals surface area (Å²) in [4.78, 5) is 0. The van der Waals surface area contributed by atoms with Crippen LogP contribution in [0, 0.1) is 0 Å². The Balaban J connectivity index is 1.98. The summed E-state index contributed by atoms with van der Waals surface area (Å²) in [5.41, 5.74) is 6.31. The van der Waals surface area contributed by atoms with Crippen LogP contribution in [0.15, 0.2) is 24.3 Å². The standard InChI is InChI=1S/C12H17NO2/c13-9-5-7-10(8-6-9)15-12-4-2-1-3-11(12)14/h5-8,11-12,14H,1-4,13H2/t11-,12+/m0/s1. The van der Waals surface area contributed by atoms with Gasteiger partial charge in [0.15, 0.2) is 0 Å². The molecule has 1 saturated carbocycles. The minimum Gasteiger partial charge on any atom is -0.488 e. The van der Waals surface area contributed by atoms with E-state index in [0.717, 1.165) is 37.1 Å². The summed E-state index contributed by atoms with van der Waals surface area (Å²) in [7, 11) is 0. The van der Waals surface area contributed by atoms with Crippen molar-refractivity contribution in [1.82, 2.24) is 0 Å². The average Bonchev–Trinajstić information content (AvgIpc) is 2.25. The van der Waals surface area contributed by atoms with Gasteiger partial charge < -0.3 is 15.6 Å². The Morgan fingerprint density at radius 3 is 2.47 bits per heavy atom. The Bertz CT molecular complexity index is 310.